The third kappa shape index (κ3) is 3.16. The van der Waals surface area contributed by atoms with Gasteiger partial charge in [0, 0.05) is 6.04 Å². The van der Waals surface area contributed by atoms with E-state index in [1.165, 1.54) is 32.1 Å². The highest BCUT2D eigenvalue weighted by atomic mass is 32.1. The summed E-state index contributed by atoms with van der Waals surface area (Å²) >= 11 is 5.04. The van der Waals surface area contributed by atoms with Gasteiger partial charge in [-0.1, -0.05) is 38.4 Å². The normalized spacial score (nSPS) is 24.3. The fourth-order valence-corrected chi connectivity index (χ4v) is 2.68. The van der Waals surface area contributed by atoms with E-state index in [2.05, 4.69) is 22.4 Å². The zero-order chi connectivity index (χ0) is 13.0. The number of aromatic nitrogens is 2. The minimum atomic E-state index is 0.369. The Labute approximate surface area is 113 Å². The van der Waals surface area contributed by atoms with Crippen LogP contribution in [0.5, 0.6) is 0 Å². The number of anilines is 1. The summed E-state index contributed by atoms with van der Waals surface area (Å²) in [6.45, 7) is 2.29. The van der Waals surface area contributed by atoms with Crippen molar-refractivity contribution in [2.24, 2.45) is 11.7 Å². The van der Waals surface area contributed by atoms with Crippen molar-refractivity contribution in [1.29, 1.82) is 0 Å². The second kappa shape index (κ2) is 6.09. The van der Waals surface area contributed by atoms with Gasteiger partial charge in [-0.3, -0.25) is 0 Å². The summed E-state index contributed by atoms with van der Waals surface area (Å²) in [5.41, 5.74) is 6.50. The highest BCUT2D eigenvalue weighted by molar-refractivity contribution is 7.80. The van der Waals surface area contributed by atoms with Crippen molar-refractivity contribution in [2.75, 3.05) is 5.32 Å². The molecule has 0 radical (unpaired) electrons. The maximum Gasteiger partial charge on any atom is 0.159 e. The van der Waals surface area contributed by atoms with E-state index in [9.17, 15) is 0 Å². The molecule has 2 rings (SSSR count). The van der Waals surface area contributed by atoms with Gasteiger partial charge in [-0.15, -0.1) is 5.10 Å². The lowest BCUT2D eigenvalue weighted by molar-refractivity contribution is 0.455. The summed E-state index contributed by atoms with van der Waals surface area (Å²) < 4.78 is 0. The molecule has 1 saturated carbocycles. The fourth-order valence-electron chi connectivity index (χ4n) is 2.52. The molecule has 1 aromatic heterocycles. The largest absolute Gasteiger partial charge is 0.389 e. The first-order valence-corrected chi connectivity index (χ1v) is 6.97. The molecule has 1 aliphatic carbocycles. The van der Waals surface area contributed by atoms with Gasteiger partial charge in [-0.25, -0.2) is 0 Å². The molecule has 2 unspecified atom stereocenters. The van der Waals surface area contributed by atoms with Crippen molar-refractivity contribution in [3.05, 3.63) is 17.8 Å². The smallest absolute Gasteiger partial charge is 0.159 e. The van der Waals surface area contributed by atoms with Gasteiger partial charge in [0.1, 0.15) is 4.99 Å². The molecule has 1 fully saturated rings. The van der Waals surface area contributed by atoms with E-state index < -0.39 is 0 Å². The van der Waals surface area contributed by atoms with Crippen LogP contribution in [0.3, 0.4) is 0 Å². The molecule has 1 aliphatic rings. The zero-order valence-corrected chi connectivity index (χ0v) is 11.5. The summed E-state index contributed by atoms with van der Waals surface area (Å²) in [5.74, 6) is 1.37. The number of thiocarbonyl (C=S) groups is 1. The molecule has 98 valence electrons. The minimum absolute atomic E-state index is 0.369. The third-order valence-corrected chi connectivity index (χ3v) is 3.89. The Morgan fingerprint density at radius 2 is 2.17 bits per heavy atom. The number of nitrogens with one attached hydrogen (secondary N) is 1. The predicted octanol–water partition coefficient (Wildman–Crippen LogP) is 2.49. The Hall–Kier alpha value is -1.23. The lowest BCUT2D eigenvalue weighted by Gasteiger charge is -2.24. The molecule has 4 nitrogen and oxygen atoms in total. The second-order valence-electron chi connectivity index (χ2n) is 5.02. The van der Waals surface area contributed by atoms with Crippen LogP contribution in [0.2, 0.25) is 0 Å². The van der Waals surface area contributed by atoms with Crippen LogP contribution in [0.1, 0.15) is 44.6 Å². The lowest BCUT2D eigenvalue weighted by atomic mass is 9.97. The van der Waals surface area contributed by atoms with Crippen LogP contribution in [0.25, 0.3) is 0 Å². The van der Waals surface area contributed by atoms with E-state index >= 15 is 0 Å². The molecule has 0 bridgehead atoms. The van der Waals surface area contributed by atoms with Gasteiger partial charge in [-0.05, 0) is 24.8 Å². The summed E-state index contributed by atoms with van der Waals surface area (Å²) in [7, 11) is 0. The Morgan fingerprint density at radius 1 is 1.39 bits per heavy atom. The van der Waals surface area contributed by atoms with Crippen molar-refractivity contribution >= 4 is 23.0 Å². The van der Waals surface area contributed by atoms with E-state index in [0.29, 0.717) is 16.9 Å². The first kappa shape index (κ1) is 13.2. The van der Waals surface area contributed by atoms with Crippen LogP contribution in [-0.4, -0.2) is 21.2 Å². The molecule has 3 N–H and O–H groups in total. The first-order chi connectivity index (χ1) is 8.68. The van der Waals surface area contributed by atoms with Gasteiger partial charge < -0.3 is 11.1 Å². The van der Waals surface area contributed by atoms with Gasteiger partial charge in [0.05, 0.1) is 11.8 Å². The molecule has 0 spiro atoms. The molecular formula is C13H20N4S. The van der Waals surface area contributed by atoms with Gasteiger partial charge in [-0.2, -0.15) is 5.10 Å². The number of nitrogens with two attached hydrogens (primary N) is 1. The van der Waals surface area contributed by atoms with Gasteiger partial charge in [0.25, 0.3) is 0 Å². The van der Waals surface area contributed by atoms with Crippen LogP contribution in [-0.2, 0) is 0 Å². The summed E-state index contributed by atoms with van der Waals surface area (Å²) in [6.07, 6.45) is 7.98. The Bertz CT molecular complexity index is 421. The van der Waals surface area contributed by atoms with Crippen LogP contribution in [0.15, 0.2) is 12.3 Å². The highest BCUT2D eigenvalue weighted by Crippen LogP contribution is 2.26. The zero-order valence-electron chi connectivity index (χ0n) is 10.7. The fraction of sp³-hybridized carbons (Fsp3) is 0.615. The summed E-state index contributed by atoms with van der Waals surface area (Å²) in [4.78, 5) is 0.369. The van der Waals surface area contributed by atoms with Crippen LogP contribution >= 0.6 is 12.2 Å². The van der Waals surface area contributed by atoms with Crippen molar-refractivity contribution in [3.8, 4) is 0 Å². The topological polar surface area (TPSA) is 63.8 Å². The Balaban J connectivity index is 2.14. The van der Waals surface area contributed by atoms with Crippen LogP contribution in [0.4, 0.5) is 5.82 Å². The Morgan fingerprint density at radius 3 is 2.94 bits per heavy atom. The standard InChI is InChI=1S/C13H20N4S/c1-9-5-3-2-4-6-11(9)16-13-10(12(14)18)7-8-15-17-13/h7-9,11H,2-6H2,1H3,(H2,14,18)(H,16,17). The molecule has 5 heteroatoms. The predicted molar refractivity (Wildman–Crippen MR) is 77.6 cm³/mol. The average Bonchev–Trinajstić information content (AvgIpc) is 2.55. The van der Waals surface area contributed by atoms with E-state index in [1.54, 1.807) is 6.20 Å². The molecule has 1 heterocycles. The Kier molecular flexibility index (Phi) is 4.47. The van der Waals surface area contributed by atoms with Crippen molar-refractivity contribution < 1.29 is 0 Å². The summed E-state index contributed by atoms with van der Waals surface area (Å²) in [5, 5.41) is 11.5. The van der Waals surface area contributed by atoms with Crippen molar-refractivity contribution in [1.82, 2.24) is 10.2 Å². The maximum atomic E-state index is 5.71. The van der Waals surface area contributed by atoms with E-state index in [4.69, 9.17) is 18.0 Å². The van der Waals surface area contributed by atoms with Gasteiger partial charge in [0.15, 0.2) is 5.82 Å². The van der Waals surface area contributed by atoms with Crippen molar-refractivity contribution in [2.45, 2.75) is 45.1 Å². The van der Waals surface area contributed by atoms with Crippen molar-refractivity contribution in [3.63, 3.8) is 0 Å². The van der Waals surface area contributed by atoms with E-state index in [0.717, 1.165) is 11.4 Å². The molecule has 2 atom stereocenters. The maximum absolute atomic E-state index is 5.71. The minimum Gasteiger partial charge on any atom is -0.389 e. The third-order valence-electron chi connectivity index (χ3n) is 3.67. The molecule has 0 saturated heterocycles. The number of nitrogens with zero attached hydrogens (tertiary/aromatic N) is 2. The lowest BCUT2D eigenvalue weighted by Crippen LogP contribution is -2.28. The van der Waals surface area contributed by atoms with E-state index in [1.807, 2.05) is 6.07 Å². The summed E-state index contributed by atoms with van der Waals surface area (Å²) in [6, 6.07) is 2.26. The van der Waals surface area contributed by atoms with E-state index in [-0.39, 0.29) is 0 Å². The quantitative estimate of drug-likeness (QED) is 0.648. The SMILES string of the molecule is CC1CCCCCC1Nc1nnccc1C(N)=S. The average molecular weight is 264 g/mol. The number of hydrogen-bond acceptors (Lipinski definition) is 4. The van der Waals surface area contributed by atoms with Crippen LogP contribution in [0, 0.1) is 5.92 Å². The van der Waals surface area contributed by atoms with Gasteiger partial charge in [0.2, 0.25) is 0 Å². The molecule has 18 heavy (non-hydrogen) atoms. The monoisotopic (exact) mass is 264 g/mol. The molecule has 0 aromatic carbocycles. The number of hydrogen-bond donors (Lipinski definition) is 2. The second-order valence-corrected chi connectivity index (χ2v) is 5.46. The number of rotatable bonds is 3. The molecule has 1 aromatic rings. The molecular weight excluding hydrogens is 244 g/mol. The van der Waals surface area contributed by atoms with Crippen LogP contribution < -0.4 is 11.1 Å². The molecule has 0 aliphatic heterocycles. The first-order valence-electron chi connectivity index (χ1n) is 6.56. The highest BCUT2D eigenvalue weighted by Gasteiger charge is 2.21. The molecule has 0 amide bonds. The van der Waals surface area contributed by atoms with Gasteiger partial charge >= 0.3 is 0 Å².